The Kier molecular flexibility index (Phi) is 2.69. The van der Waals surface area contributed by atoms with E-state index in [0.29, 0.717) is 6.04 Å². The minimum atomic E-state index is 0.380. The summed E-state index contributed by atoms with van der Waals surface area (Å²) in [6.45, 7) is 3.21. The normalized spacial score (nSPS) is 21.6. The smallest absolute Gasteiger partial charge is 0.0165 e. The summed E-state index contributed by atoms with van der Waals surface area (Å²) >= 11 is 0. The molecule has 0 aromatic heterocycles. The quantitative estimate of drug-likeness (QED) is 0.629. The molecule has 2 N–H and O–H groups in total. The van der Waals surface area contributed by atoms with Gasteiger partial charge >= 0.3 is 0 Å². The number of hydrogen-bond acceptors (Lipinski definition) is 2. The van der Waals surface area contributed by atoms with Gasteiger partial charge in [-0.1, -0.05) is 6.92 Å². The zero-order chi connectivity index (χ0) is 7.56. The summed E-state index contributed by atoms with van der Waals surface area (Å²) in [4.78, 5) is 2.38. The van der Waals surface area contributed by atoms with Crippen LogP contribution in [0.2, 0.25) is 0 Å². The predicted molar refractivity (Wildman–Crippen MR) is 43.9 cm³/mol. The molecule has 1 atom stereocenters. The maximum atomic E-state index is 5.80. The van der Waals surface area contributed by atoms with Crippen LogP contribution in [0.1, 0.15) is 26.2 Å². The highest BCUT2D eigenvalue weighted by molar-refractivity contribution is 4.83. The van der Waals surface area contributed by atoms with E-state index in [1.807, 2.05) is 0 Å². The SMILES string of the molecule is CCC(N)CN(C)C1CC1. The molecule has 0 amide bonds. The first kappa shape index (κ1) is 8.02. The molecule has 1 saturated carbocycles. The molecule has 1 fully saturated rings. The van der Waals surface area contributed by atoms with E-state index in [-0.39, 0.29) is 0 Å². The monoisotopic (exact) mass is 142 g/mol. The molecule has 2 nitrogen and oxygen atoms in total. The van der Waals surface area contributed by atoms with Gasteiger partial charge in [-0.25, -0.2) is 0 Å². The van der Waals surface area contributed by atoms with Crippen LogP contribution in [0.3, 0.4) is 0 Å². The molecule has 0 bridgehead atoms. The molecule has 0 spiro atoms. The molecule has 1 rings (SSSR count). The second kappa shape index (κ2) is 3.35. The third kappa shape index (κ3) is 2.27. The Balaban J connectivity index is 2.10. The zero-order valence-corrected chi connectivity index (χ0v) is 7.01. The molecule has 1 aliphatic rings. The first-order chi connectivity index (χ1) is 4.74. The Labute approximate surface area is 63.4 Å². The Morgan fingerprint density at radius 2 is 2.20 bits per heavy atom. The van der Waals surface area contributed by atoms with Crippen molar-refractivity contribution in [3.8, 4) is 0 Å². The average molecular weight is 142 g/mol. The van der Waals surface area contributed by atoms with Crippen LogP contribution in [0.15, 0.2) is 0 Å². The van der Waals surface area contributed by atoms with Gasteiger partial charge in [-0.3, -0.25) is 0 Å². The van der Waals surface area contributed by atoms with Crippen LogP contribution in [-0.4, -0.2) is 30.6 Å². The van der Waals surface area contributed by atoms with Gasteiger partial charge in [0.2, 0.25) is 0 Å². The second-order valence-corrected chi connectivity index (χ2v) is 3.34. The van der Waals surface area contributed by atoms with Gasteiger partial charge in [0.25, 0.3) is 0 Å². The molecule has 1 unspecified atom stereocenters. The van der Waals surface area contributed by atoms with Crippen LogP contribution in [0.4, 0.5) is 0 Å². The van der Waals surface area contributed by atoms with Crippen LogP contribution >= 0.6 is 0 Å². The first-order valence-electron chi connectivity index (χ1n) is 4.20. The van der Waals surface area contributed by atoms with Gasteiger partial charge in [-0.05, 0) is 26.3 Å². The summed E-state index contributed by atoms with van der Waals surface area (Å²) in [5, 5.41) is 0. The minimum Gasteiger partial charge on any atom is -0.327 e. The molecule has 1 aliphatic carbocycles. The van der Waals surface area contributed by atoms with Gasteiger partial charge in [-0.15, -0.1) is 0 Å². The lowest BCUT2D eigenvalue weighted by molar-refractivity contribution is 0.298. The highest BCUT2D eigenvalue weighted by atomic mass is 15.2. The third-order valence-electron chi connectivity index (χ3n) is 2.22. The lowest BCUT2D eigenvalue weighted by atomic mass is 10.2. The summed E-state index contributed by atoms with van der Waals surface area (Å²) in [5.41, 5.74) is 5.80. The maximum Gasteiger partial charge on any atom is 0.0165 e. The largest absolute Gasteiger partial charge is 0.327 e. The highest BCUT2D eigenvalue weighted by Crippen LogP contribution is 2.25. The van der Waals surface area contributed by atoms with Gasteiger partial charge < -0.3 is 10.6 Å². The summed E-state index contributed by atoms with van der Waals surface area (Å²) in [6, 6.07) is 1.24. The van der Waals surface area contributed by atoms with Crippen molar-refractivity contribution in [1.29, 1.82) is 0 Å². The van der Waals surface area contributed by atoms with Crippen LogP contribution in [-0.2, 0) is 0 Å². The van der Waals surface area contributed by atoms with Crippen molar-refractivity contribution in [3.63, 3.8) is 0 Å². The van der Waals surface area contributed by atoms with Gasteiger partial charge in [0, 0.05) is 18.6 Å². The predicted octanol–water partition coefficient (Wildman–Crippen LogP) is 0.818. The van der Waals surface area contributed by atoms with Crippen molar-refractivity contribution in [3.05, 3.63) is 0 Å². The van der Waals surface area contributed by atoms with E-state index in [1.165, 1.54) is 12.8 Å². The van der Waals surface area contributed by atoms with Crippen molar-refractivity contribution in [2.75, 3.05) is 13.6 Å². The van der Waals surface area contributed by atoms with E-state index >= 15 is 0 Å². The lowest BCUT2D eigenvalue weighted by Gasteiger charge is -2.19. The van der Waals surface area contributed by atoms with Gasteiger partial charge in [0.15, 0.2) is 0 Å². The van der Waals surface area contributed by atoms with Crippen LogP contribution < -0.4 is 5.73 Å². The molecule has 0 aromatic carbocycles. The summed E-state index contributed by atoms with van der Waals surface area (Å²) in [5.74, 6) is 0. The van der Waals surface area contributed by atoms with E-state index in [4.69, 9.17) is 5.73 Å². The second-order valence-electron chi connectivity index (χ2n) is 3.34. The number of rotatable bonds is 4. The molecule has 0 heterocycles. The molecule has 0 aliphatic heterocycles. The van der Waals surface area contributed by atoms with Crippen LogP contribution in [0.5, 0.6) is 0 Å². The standard InChI is InChI=1S/C8H18N2/c1-3-7(9)6-10(2)8-4-5-8/h7-8H,3-6,9H2,1-2H3. The number of nitrogens with zero attached hydrogens (tertiary/aromatic N) is 1. The van der Waals surface area contributed by atoms with Crippen molar-refractivity contribution >= 4 is 0 Å². The fourth-order valence-corrected chi connectivity index (χ4v) is 1.16. The molecular weight excluding hydrogens is 124 g/mol. The molecule has 0 radical (unpaired) electrons. The van der Waals surface area contributed by atoms with E-state index in [9.17, 15) is 0 Å². The van der Waals surface area contributed by atoms with Crippen LogP contribution in [0.25, 0.3) is 0 Å². The lowest BCUT2D eigenvalue weighted by Crippen LogP contribution is -2.35. The molecule has 0 aromatic rings. The third-order valence-corrected chi connectivity index (χ3v) is 2.22. The van der Waals surface area contributed by atoms with Crippen molar-refractivity contribution in [2.24, 2.45) is 5.73 Å². The van der Waals surface area contributed by atoms with Gasteiger partial charge in [0.05, 0.1) is 0 Å². The number of hydrogen-bond donors (Lipinski definition) is 1. The zero-order valence-electron chi connectivity index (χ0n) is 7.01. The van der Waals surface area contributed by atoms with E-state index in [2.05, 4.69) is 18.9 Å². The molecule has 10 heavy (non-hydrogen) atoms. The number of nitrogens with two attached hydrogens (primary N) is 1. The summed E-state index contributed by atoms with van der Waals surface area (Å²) < 4.78 is 0. The molecular formula is C8H18N2. The fraction of sp³-hybridized carbons (Fsp3) is 1.00. The Morgan fingerprint density at radius 1 is 1.60 bits per heavy atom. The van der Waals surface area contributed by atoms with E-state index in [0.717, 1.165) is 19.0 Å². The Bertz CT molecular complexity index is 99.4. The Hall–Kier alpha value is -0.0800. The molecule has 60 valence electrons. The molecule has 2 heteroatoms. The Morgan fingerprint density at radius 3 is 2.60 bits per heavy atom. The molecule has 0 saturated heterocycles. The van der Waals surface area contributed by atoms with E-state index in [1.54, 1.807) is 0 Å². The van der Waals surface area contributed by atoms with Gasteiger partial charge in [-0.2, -0.15) is 0 Å². The average Bonchev–Trinajstić information content (AvgIpc) is 2.68. The van der Waals surface area contributed by atoms with Crippen molar-refractivity contribution < 1.29 is 0 Å². The van der Waals surface area contributed by atoms with Crippen molar-refractivity contribution in [1.82, 2.24) is 4.90 Å². The first-order valence-corrected chi connectivity index (χ1v) is 4.20. The highest BCUT2D eigenvalue weighted by Gasteiger charge is 2.26. The van der Waals surface area contributed by atoms with Crippen LogP contribution in [0, 0.1) is 0 Å². The summed E-state index contributed by atoms with van der Waals surface area (Å²) in [7, 11) is 2.17. The van der Waals surface area contributed by atoms with Gasteiger partial charge in [0.1, 0.15) is 0 Å². The fourth-order valence-electron chi connectivity index (χ4n) is 1.16. The van der Waals surface area contributed by atoms with Crippen molar-refractivity contribution in [2.45, 2.75) is 38.3 Å². The summed E-state index contributed by atoms with van der Waals surface area (Å²) in [6.07, 6.45) is 3.86. The topological polar surface area (TPSA) is 29.3 Å². The van der Waals surface area contributed by atoms with E-state index < -0.39 is 0 Å². The number of likely N-dealkylation sites (N-methyl/N-ethyl adjacent to an activating group) is 1. The minimum absolute atomic E-state index is 0.380. The maximum absolute atomic E-state index is 5.80.